The van der Waals surface area contributed by atoms with Crippen LogP contribution in [0.5, 0.6) is 0 Å². The number of hydrogen-bond acceptors (Lipinski definition) is 1. The van der Waals surface area contributed by atoms with Gasteiger partial charge in [-0.25, -0.2) is 4.79 Å². The first kappa shape index (κ1) is 11.5. The number of carboxylic acids is 1. The average Bonchev–Trinajstić information content (AvgIpc) is 2.74. The highest BCUT2D eigenvalue weighted by Crippen LogP contribution is 2.43. The van der Waals surface area contributed by atoms with Crippen molar-refractivity contribution in [2.45, 2.75) is 0 Å². The van der Waals surface area contributed by atoms with Crippen LogP contribution in [-0.2, 0) is 4.79 Å². The molecule has 2 aromatic carbocycles. The van der Waals surface area contributed by atoms with Crippen molar-refractivity contribution in [3.63, 3.8) is 0 Å². The molecule has 0 radical (unpaired) electrons. The Bertz CT molecular complexity index is 661. The Kier molecular flexibility index (Phi) is 2.76. The Hall–Kier alpha value is -2.61. The fourth-order valence-electron chi connectivity index (χ4n) is 2.46. The van der Waals surface area contributed by atoms with E-state index in [1.54, 1.807) is 6.08 Å². The van der Waals surface area contributed by atoms with Crippen LogP contribution in [0.1, 0.15) is 11.1 Å². The number of aliphatic carboxylic acids is 1. The molecule has 0 bridgehead atoms. The summed E-state index contributed by atoms with van der Waals surface area (Å²) in [5.74, 6) is -0.934. The van der Waals surface area contributed by atoms with Crippen molar-refractivity contribution in [2.24, 2.45) is 0 Å². The fraction of sp³-hybridized carbons (Fsp3) is 0. The van der Waals surface area contributed by atoms with Gasteiger partial charge in [0.1, 0.15) is 0 Å². The minimum atomic E-state index is -0.934. The number of hydrogen-bond donors (Lipinski definition) is 1. The van der Waals surface area contributed by atoms with E-state index in [2.05, 4.69) is 24.3 Å². The van der Waals surface area contributed by atoms with Crippen molar-refractivity contribution in [1.82, 2.24) is 0 Å². The zero-order chi connectivity index (χ0) is 13.2. The lowest BCUT2D eigenvalue weighted by Gasteiger charge is -2.00. The third-order valence-corrected chi connectivity index (χ3v) is 3.23. The lowest BCUT2D eigenvalue weighted by atomic mass is 10.0. The Balaban J connectivity index is 2.17. The highest BCUT2D eigenvalue weighted by atomic mass is 16.4. The first-order chi connectivity index (χ1) is 9.27. The molecule has 2 aromatic rings. The Morgan fingerprint density at radius 2 is 1.32 bits per heavy atom. The quantitative estimate of drug-likeness (QED) is 0.701. The van der Waals surface area contributed by atoms with Gasteiger partial charge in [0.05, 0.1) is 0 Å². The van der Waals surface area contributed by atoms with Crippen LogP contribution in [0, 0.1) is 0 Å². The highest BCUT2D eigenvalue weighted by molar-refractivity contribution is 6.01. The molecule has 1 aliphatic rings. The number of rotatable bonds is 2. The van der Waals surface area contributed by atoms with Crippen molar-refractivity contribution < 1.29 is 9.90 Å². The molecular weight excluding hydrogens is 236 g/mol. The van der Waals surface area contributed by atoms with Crippen LogP contribution >= 0.6 is 0 Å². The van der Waals surface area contributed by atoms with E-state index in [-0.39, 0.29) is 0 Å². The zero-order valence-corrected chi connectivity index (χ0v) is 10.2. The Morgan fingerprint density at radius 3 is 1.79 bits per heavy atom. The molecule has 0 atom stereocenters. The molecule has 19 heavy (non-hydrogen) atoms. The van der Waals surface area contributed by atoms with Gasteiger partial charge in [0.25, 0.3) is 0 Å². The van der Waals surface area contributed by atoms with Gasteiger partial charge >= 0.3 is 5.97 Å². The van der Waals surface area contributed by atoms with Crippen LogP contribution in [0.15, 0.2) is 66.8 Å². The molecule has 2 heteroatoms. The number of carbonyl (C=O) groups is 1. The van der Waals surface area contributed by atoms with Gasteiger partial charge < -0.3 is 5.11 Å². The second kappa shape index (κ2) is 4.58. The molecule has 0 spiro atoms. The zero-order valence-electron chi connectivity index (χ0n) is 10.2. The maximum absolute atomic E-state index is 10.5. The van der Waals surface area contributed by atoms with E-state index in [1.807, 2.05) is 30.3 Å². The third kappa shape index (κ3) is 1.97. The molecule has 3 rings (SSSR count). The van der Waals surface area contributed by atoms with E-state index in [0.717, 1.165) is 22.8 Å². The molecule has 0 aromatic heterocycles. The highest BCUT2D eigenvalue weighted by Gasteiger charge is 2.21. The monoisotopic (exact) mass is 248 g/mol. The standard InChI is InChI=1S/C17H12O2/c18-17(19)11-5-10-16-14-8-3-1-6-12(14)13-7-2-4-9-15(13)16/h1-11H,(H,18,19)/b11-5+. The summed E-state index contributed by atoms with van der Waals surface area (Å²) in [4.78, 5) is 10.5. The van der Waals surface area contributed by atoms with Crippen LogP contribution in [0.3, 0.4) is 0 Å². The number of carboxylic acid groups (broad SMARTS) is 1. The summed E-state index contributed by atoms with van der Waals surface area (Å²) >= 11 is 0. The minimum absolute atomic E-state index is 0.934. The lowest BCUT2D eigenvalue weighted by Crippen LogP contribution is -1.85. The van der Waals surface area contributed by atoms with E-state index in [1.165, 1.54) is 11.1 Å². The molecule has 0 heterocycles. The Labute approximate surface area is 111 Å². The van der Waals surface area contributed by atoms with Crippen molar-refractivity contribution in [3.05, 3.63) is 77.9 Å². The van der Waals surface area contributed by atoms with Crippen molar-refractivity contribution in [1.29, 1.82) is 0 Å². The van der Waals surface area contributed by atoms with E-state index < -0.39 is 5.97 Å². The van der Waals surface area contributed by atoms with Gasteiger partial charge in [0.15, 0.2) is 0 Å². The number of benzene rings is 2. The molecule has 0 aliphatic heterocycles. The summed E-state index contributed by atoms with van der Waals surface area (Å²) in [5.41, 5.74) is 5.78. The summed E-state index contributed by atoms with van der Waals surface area (Å²) in [6.07, 6.45) is 4.59. The van der Waals surface area contributed by atoms with Crippen LogP contribution in [0.25, 0.3) is 16.7 Å². The van der Waals surface area contributed by atoms with Gasteiger partial charge in [-0.1, -0.05) is 60.7 Å². The molecule has 1 N–H and O–H groups in total. The smallest absolute Gasteiger partial charge is 0.328 e. The predicted octanol–water partition coefficient (Wildman–Crippen LogP) is 3.74. The maximum Gasteiger partial charge on any atom is 0.328 e. The maximum atomic E-state index is 10.5. The summed E-state index contributed by atoms with van der Waals surface area (Å²) in [5, 5.41) is 8.66. The minimum Gasteiger partial charge on any atom is -0.478 e. The van der Waals surface area contributed by atoms with E-state index >= 15 is 0 Å². The van der Waals surface area contributed by atoms with Gasteiger partial charge in [-0.05, 0) is 27.8 Å². The summed E-state index contributed by atoms with van der Waals surface area (Å²) < 4.78 is 0. The molecule has 0 saturated carbocycles. The van der Waals surface area contributed by atoms with E-state index in [9.17, 15) is 4.79 Å². The topological polar surface area (TPSA) is 37.3 Å². The van der Waals surface area contributed by atoms with Crippen molar-refractivity contribution >= 4 is 11.5 Å². The third-order valence-electron chi connectivity index (χ3n) is 3.23. The van der Waals surface area contributed by atoms with E-state index in [4.69, 9.17) is 5.11 Å². The summed E-state index contributed by atoms with van der Waals surface area (Å²) in [6.45, 7) is 0. The van der Waals surface area contributed by atoms with Crippen LogP contribution < -0.4 is 0 Å². The number of allylic oxidation sites excluding steroid dienone is 2. The van der Waals surface area contributed by atoms with Crippen LogP contribution in [0.4, 0.5) is 0 Å². The molecule has 0 fully saturated rings. The fourth-order valence-corrected chi connectivity index (χ4v) is 2.46. The van der Waals surface area contributed by atoms with Gasteiger partial charge in [-0.3, -0.25) is 0 Å². The van der Waals surface area contributed by atoms with Gasteiger partial charge in [-0.15, -0.1) is 0 Å². The molecular formula is C17H12O2. The van der Waals surface area contributed by atoms with E-state index in [0.29, 0.717) is 0 Å². The van der Waals surface area contributed by atoms with Crippen LogP contribution in [-0.4, -0.2) is 11.1 Å². The summed E-state index contributed by atoms with van der Waals surface area (Å²) in [6, 6.07) is 16.4. The average molecular weight is 248 g/mol. The predicted molar refractivity (Wildman–Crippen MR) is 75.7 cm³/mol. The molecule has 0 saturated heterocycles. The molecule has 1 aliphatic carbocycles. The van der Waals surface area contributed by atoms with Crippen LogP contribution in [0.2, 0.25) is 0 Å². The molecule has 2 nitrogen and oxygen atoms in total. The van der Waals surface area contributed by atoms with Crippen molar-refractivity contribution in [2.75, 3.05) is 0 Å². The van der Waals surface area contributed by atoms with Crippen molar-refractivity contribution in [3.8, 4) is 11.1 Å². The van der Waals surface area contributed by atoms with Gasteiger partial charge in [-0.2, -0.15) is 0 Å². The second-order valence-corrected chi connectivity index (χ2v) is 4.37. The molecule has 92 valence electrons. The molecule has 0 unspecified atom stereocenters. The van der Waals surface area contributed by atoms with Gasteiger partial charge in [0.2, 0.25) is 0 Å². The van der Waals surface area contributed by atoms with Gasteiger partial charge in [0, 0.05) is 6.08 Å². The SMILES string of the molecule is O=C(O)/C=C/C=C1c2ccccc2-c2ccccc21. The Morgan fingerprint density at radius 1 is 0.842 bits per heavy atom. The molecule has 0 amide bonds. The largest absolute Gasteiger partial charge is 0.478 e. The lowest BCUT2D eigenvalue weighted by molar-refractivity contribution is -0.131. The normalized spacial score (nSPS) is 12.3. The number of fused-ring (bicyclic) bond motifs is 3. The first-order valence-electron chi connectivity index (χ1n) is 6.08. The first-order valence-corrected chi connectivity index (χ1v) is 6.08. The summed E-state index contributed by atoms with van der Waals surface area (Å²) in [7, 11) is 0. The second-order valence-electron chi connectivity index (χ2n) is 4.37.